The normalized spacial score (nSPS) is 39.1. The molecule has 1 amide bonds. The Labute approximate surface area is 87.6 Å². The lowest BCUT2D eigenvalue weighted by Gasteiger charge is -2.15. The average molecular weight is 246 g/mol. The third-order valence-electron chi connectivity index (χ3n) is 3.34. The molecule has 2 atom stereocenters. The minimum absolute atomic E-state index is 0.109. The Balaban J connectivity index is 1.85. The monoisotopic (exact) mass is 245 g/mol. The molecule has 0 aromatic carbocycles. The van der Waals surface area contributed by atoms with Gasteiger partial charge in [-0.05, 0) is 26.2 Å². The van der Waals surface area contributed by atoms with E-state index in [4.69, 9.17) is 0 Å². The first-order valence-corrected chi connectivity index (χ1v) is 5.99. The van der Waals surface area contributed by atoms with Crippen LogP contribution in [-0.4, -0.2) is 16.8 Å². The third-order valence-corrected chi connectivity index (χ3v) is 4.68. The SMILES string of the molecule is C[C@]1(C(=O)NC2CCCC2)C[C@@H]1Br. The second kappa shape index (κ2) is 3.26. The first kappa shape index (κ1) is 9.50. The average Bonchev–Trinajstić information content (AvgIpc) is 2.53. The van der Waals surface area contributed by atoms with E-state index < -0.39 is 0 Å². The zero-order valence-electron chi connectivity index (χ0n) is 7.98. The largest absolute Gasteiger partial charge is 0.353 e. The van der Waals surface area contributed by atoms with Crippen LogP contribution in [-0.2, 0) is 4.79 Å². The first-order valence-electron chi connectivity index (χ1n) is 5.08. The third kappa shape index (κ3) is 1.76. The van der Waals surface area contributed by atoms with E-state index in [0.717, 1.165) is 6.42 Å². The Hall–Kier alpha value is -0.0500. The standard InChI is InChI=1S/C10H16BrNO/c1-10(6-8(10)11)9(13)12-7-4-2-3-5-7/h7-8H,2-6H2,1H3,(H,12,13)/t8-,10-/m0/s1. The topological polar surface area (TPSA) is 29.1 Å². The molecule has 74 valence electrons. The maximum absolute atomic E-state index is 11.8. The van der Waals surface area contributed by atoms with Crippen molar-refractivity contribution in [2.24, 2.45) is 5.41 Å². The highest BCUT2D eigenvalue weighted by Crippen LogP contribution is 2.51. The van der Waals surface area contributed by atoms with Gasteiger partial charge in [-0.15, -0.1) is 0 Å². The summed E-state index contributed by atoms with van der Waals surface area (Å²) in [5.41, 5.74) is -0.109. The fourth-order valence-electron chi connectivity index (χ4n) is 1.97. The molecular formula is C10H16BrNO. The number of nitrogens with one attached hydrogen (secondary N) is 1. The lowest BCUT2D eigenvalue weighted by molar-refractivity contribution is -0.126. The Morgan fingerprint density at radius 1 is 1.46 bits per heavy atom. The highest BCUT2D eigenvalue weighted by atomic mass is 79.9. The van der Waals surface area contributed by atoms with Crippen LogP contribution in [0.4, 0.5) is 0 Å². The molecule has 0 bridgehead atoms. The number of amides is 1. The summed E-state index contributed by atoms with van der Waals surface area (Å²) in [6.07, 6.45) is 5.90. The van der Waals surface area contributed by atoms with Crippen LogP contribution >= 0.6 is 15.9 Å². The van der Waals surface area contributed by atoms with Gasteiger partial charge in [-0.3, -0.25) is 4.79 Å². The van der Waals surface area contributed by atoms with Crippen LogP contribution in [0.25, 0.3) is 0 Å². The number of hydrogen-bond donors (Lipinski definition) is 1. The van der Waals surface area contributed by atoms with Crippen LogP contribution in [0.1, 0.15) is 39.0 Å². The summed E-state index contributed by atoms with van der Waals surface area (Å²) in [7, 11) is 0. The fourth-order valence-corrected chi connectivity index (χ4v) is 2.85. The Bertz CT molecular complexity index is 225. The molecule has 0 heterocycles. The van der Waals surface area contributed by atoms with Gasteiger partial charge in [0.1, 0.15) is 0 Å². The summed E-state index contributed by atoms with van der Waals surface area (Å²) >= 11 is 3.49. The van der Waals surface area contributed by atoms with Crippen LogP contribution in [0.15, 0.2) is 0 Å². The molecule has 2 saturated carbocycles. The van der Waals surface area contributed by atoms with Crippen molar-refractivity contribution in [1.82, 2.24) is 5.32 Å². The summed E-state index contributed by atoms with van der Waals surface area (Å²) in [6, 6.07) is 0.463. The molecule has 2 aliphatic carbocycles. The molecule has 2 rings (SSSR count). The van der Waals surface area contributed by atoms with E-state index in [2.05, 4.69) is 21.2 Å². The highest BCUT2D eigenvalue weighted by Gasteiger charge is 2.54. The number of rotatable bonds is 2. The van der Waals surface area contributed by atoms with Gasteiger partial charge in [0.25, 0.3) is 0 Å². The maximum atomic E-state index is 11.8. The van der Waals surface area contributed by atoms with Crippen LogP contribution in [0.2, 0.25) is 0 Å². The van der Waals surface area contributed by atoms with Gasteiger partial charge in [-0.1, -0.05) is 28.8 Å². The van der Waals surface area contributed by atoms with E-state index in [1.165, 1.54) is 25.7 Å². The van der Waals surface area contributed by atoms with Gasteiger partial charge in [0.15, 0.2) is 0 Å². The molecule has 0 spiro atoms. The van der Waals surface area contributed by atoms with Crippen LogP contribution in [0, 0.1) is 5.41 Å². The van der Waals surface area contributed by atoms with Gasteiger partial charge < -0.3 is 5.32 Å². The molecule has 0 aliphatic heterocycles. The highest BCUT2D eigenvalue weighted by molar-refractivity contribution is 9.09. The Morgan fingerprint density at radius 3 is 2.46 bits per heavy atom. The molecule has 0 saturated heterocycles. The molecule has 0 unspecified atom stereocenters. The molecule has 2 fully saturated rings. The van der Waals surface area contributed by atoms with Gasteiger partial charge in [-0.25, -0.2) is 0 Å². The Morgan fingerprint density at radius 2 is 2.00 bits per heavy atom. The zero-order valence-corrected chi connectivity index (χ0v) is 9.56. The minimum atomic E-state index is -0.109. The number of carbonyl (C=O) groups excluding carboxylic acids is 1. The van der Waals surface area contributed by atoms with Crippen molar-refractivity contribution in [2.45, 2.75) is 49.9 Å². The second-order valence-electron chi connectivity index (χ2n) is 4.54. The van der Waals surface area contributed by atoms with Crippen molar-refractivity contribution in [2.75, 3.05) is 0 Å². The fraction of sp³-hybridized carbons (Fsp3) is 0.900. The zero-order chi connectivity index (χ0) is 9.47. The number of carbonyl (C=O) groups is 1. The van der Waals surface area contributed by atoms with E-state index in [-0.39, 0.29) is 11.3 Å². The smallest absolute Gasteiger partial charge is 0.227 e. The van der Waals surface area contributed by atoms with Crippen LogP contribution in [0.3, 0.4) is 0 Å². The predicted molar refractivity (Wildman–Crippen MR) is 55.8 cm³/mol. The maximum Gasteiger partial charge on any atom is 0.227 e. The molecule has 0 aromatic rings. The summed E-state index contributed by atoms with van der Waals surface area (Å²) in [4.78, 5) is 12.2. The van der Waals surface area contributed by atoms with Gasteiger partial charge in [0, 0.05) is 10.9 Å². The summed E-state index contributed by atoms with van der Waals surface area (Å²) in [5.74, 6) is 0.251. The Kier molecular flexibility index (Phi) is 2.39. The summed E-state index contributed by atoms with van der Waals surface area (Å²) in [6.45, 7) is 2.04. The number of alkyl halides is 1. The van der Waals surface area contributed by atoms with Gasteiger partial charge >= 0.3 is 0 Å². The summed E-state index contributed by atoms with van der Waals surface area (Å²) in [5, 5.41) is 3.14. The van der Waals surface area contributed by atoms with Crippen LogP contribution < -0.4 is 5.32 Å². The van der Waals surface area contributed by atoms with Gasteiger partial charge in [0.05, 0.1) is 5.41 Å². The second-order valence-corrected chi connectivity index (χ2v) is 5.65. The van der Waals surface area contributed by atoms with Crippen molar-refractivity contribution < 1.29 is 4.79 Å². The van der Waals surface area contributed by atoms with Crippen molar-refractivity contribution >= 4 is 21.8 Å². The van der Waals surface area contributed by atoms with Crippen molar-refractivity contribution in [3.05, 3.63) is 0 Å². The molecule has 2 aliphatic rings. The van der Waals surface area contributed by atoms with Crippen molar-refractivity contribution in [3.8, 4) is 0 Å². The minimum Gasteiger partial charge on any atom is -0.353 e. The first-order chi connectivity index (χ1) is 6.13. The number of halogens is 1. The molecule has 13 heavy (non-hydrogen) atoms. The van der Waals surface area contributed by atoms with E-state index >= 15 is 0 Å². The van der Waals surface area contributed by atoms with E-state index in [9.17, 15) is 4.79 Å². The lowest BCUT2D eigenvalue weighted by atomic mass is 10.1. The molecular weight excluding hydrogens is 230 g/mol. The lowest BCUT2D eigenvalue weighted by Crippen LogP contribution is -2.38. The molecule has 1 N–H and O–H groups in total. The molecule has 2 nitrogen and oxygen atoms in total. The van der Waals surface area contributed by atoms with Gasteiger partial charge in [-0.2, -0.15) is 0 Å². The van der Waals surface area contributed by atoms with E-state index in [1.807, 2.05) is 6.92 Å². The quantitative estimate of drug-likeness (QED) is 0.743. The predicted octanol–water partition coefficient (Wildman–Crippen LogP) is 2.22. The van der Waals surface area contributed by atoms with Crippen molar-refractivity contribution in [1.29, 1.82) is 0 Å². The summed E-state index contributed by atoms with van der Waals surface area (Å²) < 4.78 is 0. The van der Waals surface area contributed by atoms with E-state index in [0.29, 0.717) is 10.9 Å². The molecule has 3 heteroatoms. The molecule has 0 radical (unpaired) electrons. The number of hydrogen-bond acceptors (Lipinski definition) is 1. The van der Waals surface area contributed by atoms with Gasteiger partial charge in [0.2, 0.25) is 5.91 Å². The van der Waals surface area contributed by atoms with E-state index in [1.54, 1.807) is 0 Å². The van der Waals surface area contributed by atoms with Crippen molar-refractivity contribution in [3.63, 3.8) is 0 Å². The molecule has 0 aromatic heterocycles. The van der Waals surface area contributed by atoms with Crippen LogP contribution in [0.5, 0.6) is 0 Å².